The summed E-state index contributed by atoms with van der Waals surface area (Å²) in [5.41, 5.74) is 0. The highest BCUT2D eigenvalue weighted by atomic mass is 32.1. The van der Waals surface area contributed by atoms with Crippen molar-refractivity contribution in [3.8, 4) is 0 Å². The lowest BCUT2D eigenvalue weighted by Crippen LogP contribution is -2.36. The molecule has 0 saturated carbocycles. The standard InChI is InChI=1S/C14H24N2OS/c1-13-12-16(8-3-10-17-13)9-7-15-6-5-14-4-2-11-18-14/h2,4,11,13,15H,3,5-10,12H2,1H3. The maximum Gasteiger partial charge on any atom is 0.0673 e. The molecule has 1 saturated heterocycles. The van der Waals surface area contributed by atoms with Gasteiger partial charge in [-0.25, -0.2) is 0 Å². The molecule has 2 rings (SSSR count). The molecular formula is C14H24N2OS. The van der Waals surface area contributed by atoms with E-state index in [-0.39, 0.29) is 0 Å². The van der Waals surface area contributed by atoms with Crippen molar-refractivity contribution in [3.63, 3.8) is 0 Å². The molecule has 3 nitrogen and oxygen atoms in total. The molecule has 0 aromatic carbocycles. The predicted octanol–water partition coefficient (Wildman–Crippen LogP) is 1.99. The summed E-state index contributed by atoms with van der Waals surface area (Å²) < 4.78 is 5.65. The number of hydrogen-bond donors (Lipinski definition) is 1. The molecule has 0 aliphatic carbocycles. The van der Waals surface area contributed by atoms with Gasteiger partial charge in [0.25, 0.3) is 0 Å². The number of nitrogens with zero attached hydrogens (tertiary/aromatic N) is 1. The van der Waals surface area contributed by atoms with Crippen molar-refractivity contribution in [1.82, 2.24) is 10.2 Å². The Morgan fingerprint density at radius 1 is 1.50 bits per heavy atom. The second-order valence-corrected chi connectivity index (χ2v) is 5.95. The highest BCUT2D eigenvalue weighted by Gasteiger charge is 2.13. The summed E-state index contributed by atoms with van der Waals surface area (Å²) in [7, 11) is 0. The molecule has 1 N–H and O–H groups in total. The van der Waals surface area contributed by atoms with Crippen LogP contribution < -0.4 is 5.32 Å². The average Bonchev–Trinajstić information content (AvgIpc) is 2.78. The van der Waals surface area contributed by atoms with Crippen molar-refractivity contribution < 1.29 is 4.74 Å². The first-order chi connectivity index (χ1) is 8.84. The molecule has 4 heteroatoms. The summed E-state index contributed by atoms with van der Waals surface area (Å²) in [4.78, 5) is 3.98. The summed E-state index contributed by atoms with van der Waals surface area (Å²) in [5.74, 6) is 0. The van der Waals surface area contributed by atoms with E-state index in [1.807, 2.05) is 11.3 Å². The highest BCUT2D eigenvalue weighted by molar-refractivity contribution is 7.09. The third kappa shape index (κ3) is 5.06. The first kappa shape index (κ1) is 14.0. The Kier molecular flexibility index (Phi) is 6.14. The van der Waals surface area contributed by atoms with Gasteiger partial charge in [-0.05, 0) is 31.2 Å². The van der Waals surface area contributed by atoms with Crippen molar-refractivity contribution in [2.75, 3.05) is 39.3 Å². The third-order valence-electron chi connectivity index (χ3n) is 3.27. The van der Waals surface area contributed by atoms with Gasteiger partial charge in [-0.1, -0.05) is 6.07 Å². The van der Waals surface area contributed by atoms with E-state index in [2.05, 4.69) is 34.7 Å². The number of rotatable bonds is 6. The summed E-state index contributed by atoms with van der Waals surface area (Å²) in [5, 5.41) is 5.68. The lowest BCUT2D eigenvalue weighted by Gasteiger charge is -2.21. The van der Waals surface area contributed by atoms with Gasteiger partial charge in [0, 0.05) is 44.2 Å². The zero-order valence-electron chi connectivity index (χ0n) is 11.2. The van der Waals surface area contributed by atoms with Crippen LogP contribution in [0, 0.1) is 0 Å². The maximum atomic E-state index is 5.65. The van der Waals surface area contributed by atoms with E-state index in [0.29, 0.717) is 6.10 Å². The van der Waals surface area contributed by atoms with E-state index in [1.165, 1.54) is 17.8 Å². The molecule has 0 spiro atoms. The van der Waals surface area contributed by atoms with Crippen LogP contribution in [0.25, 0.3) is 0 Å². The molecule has 1 fully saturated rings. The SMILES string of the molecule is CC1CN(CCNCCc2cccs2)CCCO1. The van der Waals surface area contributed by atoms with Crippen molar-refractivity contribution >= 4 is 11.3 Å². The van der Waals surface area contributed by atoms with Gasteiger partial charge in [-0.15, -0.1) is 11.3 Å². The van der Waals surface area contributed by atoms with Crippen molar-refractivity contribution in [1.29, 1.82) is 0 Å². The van der Waals surface area contributed by atoms with Crippen LogP contribution in [0.5, 0.6) is 0 Å². The Hall–Kier alpha value is -0.420. The minimum Gasteiger partial charge on any atom is -0.377 e. The second-order valence-electron chi connectivity index (χ2n) is 4.91. The van der Waals surface area contributed by atoms with Crippen LogP contribution in [0.2, 0.25) is 0 Å². The number of ether oxygens (including phenoxy) is 1. The number of thiophene rings is 1. The quantitative estimate of drug-likeness (QED) is 0.799. The highest BCUT2D eigenvalue weighted by Crippen LogP contribution is 2.08. The summed E-state index contributed by atoms with van der Waals surface area (Å²) >= 11 is 1.85. The summed E-state index contributed by atoms with van der Waals surface area (Å²) in [6, 6.07) is 4.33. The minimum atomic E-state index is 0.388. The fraction of sp³-hybridized carbons (Fsp3) is 0.714. The van der Waals surface area contributed by atoms with Crippen molar-refractivity contribution in [3.05, 3.63) is 22.4 Å². The van der Waals surface area contributed by atoms with Gasteiger partial charge in [-0.2, -0.15) is 0 Å². The van der Waals surface area contributed by atoms with Crippen LogP contribution in [0.1, 0.15) is 18.2 Å². The molecule has 102 valence electrons. The van der Waals surface area contributed by atoms with E-state index >= 15 is 0 Å². The Morgan fingerprint density at radius 3 is 3.28 bits per heavy atom. The normalized spacial score (nSPS) is 21.9. The zero-order chi connectivity index (χ0) is 12.6. The molecule has 1 aliphatic heterocycles. The van der Waals surface area contributed by atoms with E-state index < -0.39 is 0 Å². The third-order valence-corrected chi connectivity index (χ3v) is 4.21. The van der Waals surface area contributed by atoms with Crippen LogP contribution >= 0.6 is 11.3 Å². The van der Waals surface area contributed by atoms with E-state index in [9.17, 15) is 0 Å². The molecule has 1 unspecified atom stereocenters. The molecule has 0 radical (unpaired) electrons. The van der Waals surface area contributed by atoms with Gasteiger partial charge < -0.3 is 10.1 Å². The molecule has 0 bridgehead atoms. The average molecular weight is 268 g/mol. The first-order valence-electron chi connectivity index (χ1n) is 6.91. The van der Waals surface area contributed by atoms with Crippen molar-refractivity contribution in [2.24, 2.45) is 0 Å². The van der Waals surface area contributed by atoms with Gasteiger partial charge >= 0.3 is 0 Å². The van der Waals surface area contributed by atoms with Crippen LogP contribution in [0.4, 0.5) is 0 Å². The van der Waals surface area contributed by atoms with Crippen molar-refractivity contribution in [2.45, 2.75) is 25.9 Å². The summed E-state index contributed by atoms with van der Waals surface area (Å²) in [6.45, 7) is 8.65. The van der Waals surface area contributed by atoms with Gasteiger partial charge in [0.1, 0.15) is 0 Å². The van der Waals surface area contributed by atoms with Gasteiger partial charge in [0.2, 0.25) is 0 Å². The molecule has 1 atom stereocenters. The van der Waals surface area contributed by atoms with Crippen LogP contribution in [0.15, 0.2) is 17.5 Å². The predicted molar refractivity (Wildman–Crippen MR) is 77.4 cm³/mol. The first-order valence-corrected chi connectivity index (χ1v) is 7.79. The Labute approximate surface area is 114 Å². The van der Waals surface area contributed by atoms with Gasteiger partial charge in [-0.3, -0.25) is 4.90 Å². The maximum absolute atomic E-state index is 5.65. The number of nitrogens with one attached hydrogen (secondary N) is 1. The van der Waals surface area contributed by atoms with E-state index in [0.717, 1.165) is 39.2 Å². The fourth-order valence-electron chi connectivity index (χ4n) is 2.31. The molecule has 1 aliphatic rings. The zero-order valence-corrected chi connectivity index (χ0v) is 12.0. The lowest BCUT2D eigenvalue weighted by molar-refractivity contribution is 0.0679. The molecule has 2 heterocycles. The molecule has 1 aromatic heterocycles. The molecular weight excluding hydrogens is 244 g/mol. The van der Waals surface area contributed by atoms with Crippen LogP contribution in [0.3, 0.4) is 0 Å². The smallest absolute Gasteiger partial charge is 0.0673 e. The van der Waals surface area contributed by atoms with Gasteiger partial charge in [0.15, 0.2) is 0 Å². The minimum absolute atomic E-state index is 0.388. The van der Waals surface area contributed by atoms with Gasteiger partial charge in [0.05, 0.1) is 6.10 Å². The van der Waals surface area contributed by atoms with E-state index in [1.54, 1.807) is 0 Å². The van der Waals surface area contributed by atoms with E-state index in [4.69, 9.17) is 4.74 Å². The van der Waals surface area contributed by atoms with Crippen LogP contribution in [-0.2, 0) is 11.2 Å². The molecule has 1 aromatic rings. The second kappa shape index (κ2) is 7.89. The summed E-state index contributed by atoms with van der Waals surface area (Å²) in [6.07, 6.45) is 2.70. The topological polar surface area (TPSA) is 24.5 Å². The lowest BCUT2D eigenvalue weighted by atomic mass is 10.3. The largest absolute Gasteiger partial charge is 0.377 e. The number of hydrogen-bond acceptors (Lipinski definition) is 4. The Morgan fingerprint density at radius 2 is 2.44 bits per heavy atom. The molecule has 18 heavy (non-hydrogen) atoms. The Bertz CT molecular complexity index is 316. The molecule has 0 amide bonds. The monoisotopic (exact) mass is 268 g/mol. The fourth-order valence-corrected chi connectivity index (χ4v) is 3.02. The van der Waals surface area contributed by atoms with Crippen LogP contribution in [-0.4, -0.2) is 50.3 Å². The Balaban J connectivity index is 1.54.